The second kappa shape index (κ2) is 9.71. The van der Waals surface area contributed by atoms with Crippen molar-refractivity contribution in [1.29, 1.82) is 0 Å². The predicted molar refractivity (Wildman–Crippen MR) is 124 cm³/mol. The molecule has 3 aromatic rings. The molecule has 0 unspecified atom stereocenters. The number of nitrogens with zero attached hydrogens (tertiary/aromatic N) is 1. The van der Waals surface area contributed by atoms with Gasteiger partial charge in [0.25, 0.3) is 0 Å². The normalized spacial score (nSPS) is 13.7. The molecule has 0 radical (unpaired) electrons. The molecule has 31 heavy (non-hydrogen) atoms. The number of hydrogen-bond donors (Lipinski definition) is 1. The van der Waals surface area contributed by atoms with Gasteiger partial charge in [-0.2, -0.15) is 0 Å². The van der Waals surface area contributed by atoms with Crippen LogP contribution in [0.15, 0.2) is 53.9 Å². The largest absolute Gasteiger partial charge is 0.465 e. The maximum Gasteiger partial charge on any atom is 0.338 e. The summed E-state index contributed by atoms with van der Waals surface area (Å²) in [6, 6.07) is 14.6. The number of hydrogen-bond acceptors (Lipinski definition) is 5. The van der Waals surface area contributed by atoms with E-state index < -0.39 is 5.97 Å². The number of esters is 1. The number of rotatable bonds is 7. The fourth-order valence-electron chi connectivity index (χ4n) is 3.52. The Balaban J connectivity index is 1.40. The van der Waals surface area contributed by atoms with Crippen molar-refractivity contribution in [2.45, 2.75) is 31.6 Å². The van der Waals surface area contributed by atoms with E-state index in [1.807, 2.05) is 36.4 Å². The Bertz CT molecular complexity index is 1120. The van der Waals surface area contributed by atoms with Crippen molar-refractivity contribution in [3.05, 3.63) is 81.3 Å². The van der Waals surface area contributed by atoms with Gasteiger partial charge < -0.3 is 10.1 Å². The number of nitrogens with one attached hydrogen (secondary N) is 1. The molecule has 1 heterocycles. The highest BCUT2D eigenvalue weighted by Crippen LogP contribution is 2.36. The molecule has 1 amide bonds. The SMILES string of the molecule is COC(=O)c1ccccc1CC(=O)Nc1cccc(/C=C/c2nc(C3CCC3)cs2)c1. The van der Waals surface area contributed by atoms with Gasteiger partial charge in [0.1, 0.15) is 5.01 Å². The van der Waals surface area contributed by atoms with Crippen LogP contribution in [0.5, 0.6) is 0 Å². The second-order valence-corrected chi connectivity index (χ2v) is 8.46. The van der Waals surface area contributed by atoms with Crippen molar-refractivity contribution in [1.82, 2.24) is 4.98 Å². The molecule has 6 heteroatoms. The van der Waals surface area contributed by atoms with Gasteiger partial charge in [-0.25, -0.2) is 9.78 Å². The summed E-state index contributed by atoms with van der Waals surface area (Å²) in [5.41, 5.74) is 3.93. The number of aromatic nitrogens is 1. The zero-order chi connectivity index (χ0) is 21.6. The maximum atomic E-state index is 12.5. The first-order valence-corrected chi connectivity index (χ1v) is 11.2. The highest BCUT2D eigenvalue weighted by atomic mass is 32.1. The molecule has 5 nitrogen and oxygen atoms in total. The molecular weight excluding hydrogens is 408 g/mol. The van der Waals surface area contributed by atoms with Crippen molar-refractivity contribution in [2.24, 2.45) is 0 Å². The number of ether oxygens (including phenoxy) is 1. The van der Waals surface area contributed by atoms with Crippen LogP contribution in [0.1, 0.15) is 57.4 Å². The second-order valence-electron chi connectivity index (χ2n) is 7.57. The molecular formula is C25H24N2O3S. The van der Waals surface area contributed by atoms with Crippen LogP contribution < -0.4 is 5.32 Å². The lowest BCUT2D eigenvalue weighted by molar-refractivity contribution is -0.115. The Kier molecular flexibility index (Phi) is 6.57. The van der Waals surface area contributed by atoms with Crippen LogP contribution in [-0.4, -0.2) is 24.0 Å². The van der Waals surface area contributed by atoms with Crippen molar-refractivity contribution < 1.29 is 14.3 Å². The highest BCUT2D eigenvalue weighted by Gasteiger charge is 2.21. The smallest absolute Gasteiger partial charge is 0.338 e. The lowest BCUT2D eigenvalue weighted by Crippen LogP contribution is -2.17. The van der Waals surface area contributed by atoms with E-state index >= 15 is 0 Å². The molecule has 0 aliphatic heterocycles. The first-order chi connectivity index (χ1) is 15.1. The third kappa shape index (κ3) is 5.27. The van der Waals surface area contributed by atoms with Crippen LogP contribution >= 0.6 is 11.3 Å². The van der Waals surface area contributed by atoms with Gasteiger partial charge in [-0.1, -0.05) is 42.8 Å². The Morgan fingerprint density at radius 1 is 1.16 bits per heavy atom. The summed E-state index contributed by atoms with van der Waals surface area (Å²) in [5.74, 6) is 0.00184. The molecule has 2 aromatic carbocycles. The van der Waals surface area contributed by atoms with Gasteiger partial charge >= 0.3 is 5.97 Å². The van der Waals surface area contributed by atoms with E-state index in [0.717, 1.165) is 10.6 Å². The van der Waals surface area contributed by atoms with Gasteiger partial charge in [-0.3, -0.25) is 4.79 Å². The van der Waals surface area contributed by atoms with Crippen LogP contribution in [-0.2, 0) is 16.0 Å². The Hall–Kier alpha value is -3.25. The number of benzene rings is 2. The minimum atomic E-state index is -0.446. The van der Waals surface area contributed by atoms with E-state index in [1.54, 1.807) is 35.6 Å². The number of carbonyl (C=O) groups excluding carboxylic acids is 2. The topological polar surface area (TPSA) is 68.3 Å². The molecule has 1 aliphatic carbocycles. The first-order valence-electron chi connectivity index (χ1n) is 10.3. The first kappa shape index (κ1) is 21.0. The number of thiazole rings is 1. The molecule has 0 spiro atoms. The minimum absolute atomic E-state index is 0.0917. The molecule has 1 saturated carbocycles. The summed E-state index contributed by atoms with van der Waals surface area (Å²) < 4.78 is 4.80. The summed E-state index contributed by atoms with van der Waals surface area (Å²) in [6.07, 6.45) is 7.91. The van der Waals surface area contributed by atoms with Crippen molar-refractivity contribution in [2.75, 3.05) is 12.4 Å². The molecule has 1 N–H and O–H groups in total. The lowest BCUT2D eigenvalue weighted by Gasteiger charge is -2.22. The van der Waals surface area contributed by atoms with Crippen LogP contribution in [0, 0.1) is 0 Å². The van der Waals surface area contributed by atoms with Crippen LogP contribution in [0.25, 0.3) is 12.2 Å². The third-order valence-corrected chi connectivity index (χ3v) is 6.25. The Labute approximate surface area is 185 Å². The molecule has 0 bridgehead atoms. The molecule has 158 valence electrons. The molecule has 0 saturated heterocycles. The van der Waals surface area contributed by atoms with Crippen molar-refractivity contribution in [3.63, 3.8) is 0 Å². The van der Waals surface area contributed by atoms with Crippen LogP contribution in [0.4, 0.5) is 5.69 Å². The third-order valence-electron chi connectivity index (χ3n) is 5.43. The maximum absolute atomic E-state index is 12.5. The van der Waals surface area contributed by atoms with Gasteiger partial charge in [0.15, 0.2) is 0 Å². The predicted octanol–water partition coefficient (Wildman–Crippen LogP) is 5.55. The van der Waals surface area contributed by atoms with E-state index in [4.69, 9.17) is 9.72 Å². The standard InChI is InChI=1S/C25H24N2O3S/c1-30-25(29)21-11-3-2-7-19(21)15-23(28)26-20-10-4-6-17(14-20)12-13-24-27-22(16-31-24)18-8-5-9-18/h2-4,6-7,10-14,16,18H,5,8-9,15H2,1H3,(H,26,28)/b13-12+. The summed E-state index contributed by atoms with van der Waals surface area (Å²) in [7, 11) is 1.33. The highest BCUT2D eigenvalue weighted by molar-refractivity contribution is 7.10. The van der Waals surface area contributed by atoms with Gasteiger partial charge in [0.05, 0.1) is 24.8 Å². The molecule has 1 aliphatic rings. The summed E-state index contributed by atoms with van der Waals surface area (Å²) >= 11 is 1.66. The van der Waals surface area contributed by atoms with E-state index in [-0.39, 0.29) is 12.3 Å². The number of carbonyl (C=O) groups is 2. The average molecular weight is 433 g/mol. The van der Waals surface area contributed by atoms with Crippen molar-refractivity contribution >= 4 is 41.1 Å². The van der Waals surface area contributed by atoms with Gasteiger partial charge in [-0.05, 0) is 48.2 Å². The summed E-state index contributed by atoms with van der Waals surface area (Å²) in [5, 5.41) is 6.06. The fraction of sp³-hybridized carbons (Fsp3) is 0.240. The molecule has 4 rings (SSSR count). The van der Waals surface area contributed by atoms with Crippen molar-refractivity contribution in [3.8, 4) is 0 Å². The van der Waals surface area contributed by atoms with E-state index in [2.05, 4.69) is 10.7 Å². The number of amides is 1. The number of anilines is 1. The zero-order valence-corrected chi connectivity index (χ0v) is 18.2. The summed E-state index contributed by atoms with van der Waals surface area (Å²) in [4.78, 5) is 29.2. The summed E-state index contributed by atoms with van der Waals surface area (Å²) in [6.45, 7) is 0. The monoisotopic (exact) mass is 432 g/mol. The zero-order valence-electron chi connectivity index (χ0n) is 17.3. The van der Waals surface area contributed by atoms with E-state index in [1.165, 1.54) is 32.1 Å². The van der Waals surface area contributed by atoms with E-state index in [0.29, 0.717) is 22.7 Å². The molecule has 1 aromatic heterocycles. The van der Waals surface area contributed by atoms with Crippen LogP contribution in [0.3, 0.4) is 0 Å². The van der Waals surface area contributed by atoms with Gasteiger partial charge in [0, 0.05) is 17.0 Å². The Morgan fingerprint density at radius 2 is 2.00 bits per heavy atom. The average Bonchev–Trinajstić information content (AvgIpc) is 3.19. The minimum Gasteiger partial charge on any atom is -0.465 e. The lowest BCUT2D eigenvalue weighted by atomic mass is 9.83. The van der Waals surface area contributed by atoms with E-state index in [9.17, 15) is 9.59 Å². The quantitative estimate of drug-likeness (QED) is 0.497. The molecule has 0 atom stereocenters. The van der Waals surface area contributed by atoms with Crippen LogP contribution in [0.2, 0.25) is 0 Å². The van der Waals surface area contributed by atoms with Gasteiger partial charge in [0.2, 0.25) is 5.91 Å². The number of methoxy groups -OCH3 is 1. The van der Waals surface area contributed by atoms with Gasteiger partial charge in [-0.15, -0.1) is 11.3 Å². The fourth-order valence-corrected chi connectivity index (χ4v) is 4.31. The molecule has 1 fully saturated rings. The Morgan fingerprint density at radius 3 is 2.77 bits per heavy atom.